The van der Waals surface area contributed by atoms with Gasteiger partial charge in [-0.2, -0.15) is 0 Å². The molecule has 0 spiro atoms. The number of hydrogen-bond donors (Lipinski definition) is 1. The molecule has 0 heterocycles. The van der Waals surface area contributed by atoms with Crippen molar-refractivity contribution in [2.45, 2.75) is 0 Å². The Hall–Kier alpha value is 0.0439. The van der Waals surface area contributed by atoms with Crippen LogP contribution < -0.4 is 5.32 Å². The van der Waals surface area contributed by atoms with Crippen molar-refractivity contribution in [3.63, 3.8) is 0 Å². The van der Waals surface area contributed by atoms with E-state index in [1.807, 2.05) is 0 Å². The standard InChI is InChI=1S/C2H3N2O2.Y/c3-2(6)4-1-5;/h(H3,3,4,5,6);/q-1;/p-1. The van der Waals surface area contributed by atoms with E-state index in [1.54, 1.807) is 0 Å². The molecule has 0 unspecified atom stereocenters. The fourth-order valence-corrected chi connectivity index (χ4v) is 0.0463. The summed E-state index contributed by atoms with van der Waals surface area (Å²) < 4.78 is 0. The maximum absolute atomic E-state index is 9.34. The van der Waals surface area contributed by atoms with Crippen molar-refractivity contribution < 1.29 is 42.3 Å². The number of hydrogen-bond acceptors (Lipinski definition) is 2. The van der Waals surface area contributed by atoms with Gasteiger partial charge in [0.2, 0.25) is 0 Å². The summed E-state index contributed by atoms with van der Waals surface area (Å²) in [5.41, 5.74) is 5.97. The maximum Gasteiger partial charge on any atom is 0 e. The van der Waals surface area contributed by atoms with Gasteiger partial charge < -0.3 is 20.6 Å². The fraction of sp³-hybridized carbons (Fsp3) is 0. The first-order valence-corrected chi connectivity index (χ1v) is 1.16. The molecule has 0 aliphatic carbocycles. The predicted octanol–water partition coefficient (Wildman–Crippen LogP) is -0.187. The van der Waals surface area contributed by atoms with Crippen LogP contribution in [-0.4, -0.2) is 12.4 Å². The van der Waals surface area contributed by atoms with E-state index in [9.17, 15) is 4.79 Å². The average molecular weight is 175 g/mol. The minimum Gasteiger partial charge on any atom is -0.559 e. The summed E-state index contributed by atoms with van der Waals surface area (Å²) in [4.78, 5) is 18.4. The van der Waals surface area contributed by atoms with Crippen molar-refractivity contribution in [3.8, 4) is 0 Å². The smallest absolute Gasteiger partial charge is 0 e. The molecule has 0 aromatic carbocycles. The van der Waals surface area contributed by atoms with Gasteiger partial charge in [0.25, 0.3) is 0 Å². The van der Waals surface area contributed by atoms with Crippen LogP contribution in [0.25, 0.3) is 5.73 Å². The van der Waals surface area contributed by atoms with Gasteiger partial charge in [-0.1, -0.05) is 0 Å². The zero-order valence-electron chi connectivity index (χ0n) is 3.39. The molecule has 0 aliphatic heterocycles. The zero-order chi connectivity index (χ0) is 4.99. The molecule has 0 fully saturated rings. The van der Waals surface area contributed by atoms with Gasteiger partial charge in [0, 0.05) is 32.7 Å². The van der Waals surface area contributed by atoms with Gasteiger partial charge in [0.15, 0.2) is 0 Å². The first kappa shape index (κ1) is 10.1. The van der Waals surface area contributed by atoms with Gasteiger partial charge in [-0.25, -0.2) is 0 Å². The molecule has 5 heteroatoms. The third kappa shape index (κ3) is 10.7. The molecule has 0 atom stereocenters. The monoisotopic (exact) mass is 175 g/mol. The molecule has 0 aliphatic rings. The molecule has 0 rings (SSSR count). The van der Waals surface area contributed by atoms with E-state index in [0.717, 1.165) is 6.41 Å². The minimum absolute atomic E-state index is 0. The largest absolute Gasteiger partial charge is 0.559 e. The van der Waals surface area contributed by atoms with Crippen molar-refractivity contribution in [1.82, 2.24) is 5.32 Å². The number of nitrogens with one attached hydrogen (secondary N) is 2. The molecular formula is C2H2N2O2Y-2. The van der Waals surface area contributed by atoms with Gasteiger partial charge >= 0.3 is 0 Å². The van der Waals surface area contributed by atoms with Gasteiger partial charge in [-0.3, -0.25) is 0 Å². The second-order valence-corrected chi connectivity index (χ2v) is 0.556. The van der Waals surface area contributed by atoms with E-state index in [4.69, 9.17) is 10.5 Å². The van der Waals surface area contributed by atoms with Crippen LogP contribution >= 0.6 is 0 Å². The number of carbonyl (C=O) groups is 1. The third-order valence-electron chi connectivity index (χ3n) is 0.165. The zero-order valence-corrected chi connectivity index (χ0v) is 6.23. The van der Waals surface area contributed by atoms with Gasteiger partial charge in [-0.05, 0) is 12.4 Å². The first-order valence-electron chi connectivity index (χ1n) is 1.16. The van der Waals surface area contributed by atoms with Crippen molar-refractivity contribution in [2.24, 2.45) is 0 Å². The molecular weight excluding hydrogens is 173 g/mol. The molecule has 0 saturated carbocycles. The molecule has 0 saturated heterocycles. The maximum atomic E-state index is 9.34. The summed E-state index contributed by atoms with van der Waals surface area (Å²) >= 11 is 0. The van der Waals surface area contributed by atoms with E-state index >= 15 is 0 Å². The Morgan fingerprint density at radius 3 is 2.14 bits per heavy atom. The van der Waals surface area contributed by atoms with Crippen LogP contribution in [0.4, 0.5) is 4.79 Å². The Balaban J connectivity index is 0. The van der Waals surface area contributed by atoms with E-state index in [1.165, 1.54) is 5.32 Å². The summed E-state index contributed by atoms with van der Waals surface area (Å²) in [6.45, 7) is 0. The molecule has 0 aromatic rings. The van der Waals surface area contributed by atoms with E-state index in [2.05, 4.69) is 0 Å². The molecule has 0 aromatic heterocycles. The van der Waals surface area contributed by atoms with Gasteiger partial charge in [0.1, 0.15) is 0 Å². The Morgan fingerprint density at radius 2 is 2.14 bits per heavy atom. The number of carbonyl (C=O) groups excluding carboxylic acids is 2. The summed E-state index contributed by atoms with van der Waals surface area (Å²) in [6.07, 6.45) is 1.03. The SMILES string of the molecule is [NH-]C(=O)N[C-]=O.[Y]. The van der Waals surface area contributed by atoms with Crippen LogP contribution in [0.1, 0.15) is 0 Å². The summed E-state index contributed by atoms with van der Waals surface area (Å²) in [6, 6.07) is -1.13. The molecule has 4 nitrogen and oxygen atoms in total. The number of amides is 3. The van der Waals surface area contributed by atoms with Crippen LogP contribution in [-0.2, 0) is 37.5 Å². The van der Waals surface area contributed by atoms with Crippen molar-refractivity contribution in [1.29, 1.82) is 0 Å². The van der Waals surface area contributed by atoms with Crippen molar-refractivity contribution in [2.75, 3.05) is 0 Å². The minimum atomic E-state index is -1.13. The Morgan fingerprint density at radius 1 is 1.71 bits per heavy atom. The van der Waals surface area contributed by atoms with E-state index < -0.39 is 6.03 Å². The third-order valence-corrected chi connectivity index (χ3v) is 0.165. The molecule has 1 radical (unpaired) electrons. The Bertz CT molecular complexity index is 74.1. The van der Waals surface area contributed by atoms with E-state index in [0.29, 0.717) is 0 Å². The van der Waals surface area contributed by atoms with E-state index in [-0.39, 0.29) is 32.7 Å². The number of imide groups is 1. The van der Waals surface area contributed by atoms with Crippen LogP contribution in [0.3, 0.4) is 0 Å². The Labute approximate surface area is 65.7 Å². The Kier molecular flexibility index (Phi) is 8.73. The second kappa shape index (κ2) is 6.04. The van der Waals surface area contributed by atoms with Crippen molar-refractivity contribution >= 4 is 12.4 Å². The summed E-state index contributed by atoms with van der Waals surface area (Å²) in [5, 5.41) is 1.43. The average Bonchev–Trinajstić information content (AvgIpc) is 1.35. The molecule has 3 amide bonds. The summed E-state index contributed by atoms with van der Waals surface area (Å²) in [5.74, 6) is 0. The molecule has 37 valence electrons. The molecule has 0 bridgehead atoms. The van der Waals surface area contributed by atoms with Crippen molar-refractivity contribution in [3.05, 3.63) is 5.73 Å². The normalized spacial score (nSPS) is 5.71. The number of rotatable bonds is 1. The van der Waals surface area contributed by atoms with Crippen LogP contribution in [0.15, 0.2) is 0 Å². The van der Waals surface area contributed by atoms with Crippen LogP contribution in [0.2, 0.25) is 0 Å². The van der Waals surface area contributed by atoms with Gasteiger partial charge in [-0.15, -0.1) is 0 Å². The predicted molar refractivity (Wildman–Crippen MR) is 18.5 cm³/mol. The fourth-order valence-electron chi connectivity index (χ4n) is 0.0463. The molecule has 2 N–H and O–H groups in total. The van der Waals surface area contributed by atoms with Crippen LogP contribution in [0.5, 0.6) is 0 Å². The molecule has 7 heavy (non-hydrogen) atoms. The first-order chi connectivity index (χ1) is 2.77. The second-order valence-electron chi connectivity index (χ2n) is 0.556. The number of urea groups is 1. The van der Waals surface area contributed by atoms with Gasteiger partial charge in [0.05, 0.1) is 0 Å². The quantitative estimate of drug-likeness (QED) is 0.443. The topological polar surface area (TPSA) is 70.0 Å². The summed E-state index contributed by atoms with van der Waals surface area (Å²) in [7, 11) is 0. The van der Waals surface area contributed by atoms with Crippen LogP contribution in [0, 0.1) is 0 Å².